The molecule has 0 aromatic carbocycles. The fourth-order valence-corrected chi connectivity index (χ4v) is 5.45. The lowest BCUT2D eigenvalue weighted by molar-refractivity contribution is -0.140. The van der Waals surface area contributed by atoms with Crippen molar-refractivity contribution in [1.29, 1.82) is 0 Å². The molecule has 3 fully saturated rings. The van der Waals surface area contributed by atoms with Gasteiger partial charge in [-0.05, 0) is 31.6 Å². The van der Waals surface area contributed by atoms with E-state index in [-0.39, 0.29) is 11.3 Å². The molecule has 2 saturated carbocycles. The topological polar surface area (TPSA) is 55.6 Å². The van der Waals surface area contributed by atoms with E-state index < -0.39 is 0 Å². The molecule has 1 atom stereocenters. The zero-order valence-electron chi connectivity index (χ0n) is 14.6. The van der Waals surface area contributed by atoms with Crippen LogP contribution in [0, 0.1) is 11.3 Å². The maximum atomic E-state index is 12.7. The third-order valence-electron chi connectivity index (χ3n) is 6.59. The minimum atomic E-state index is -0.287. The molecule has 4 heteroatoms. The Kier molecular flexibility index (Phi) is 5.97. The molecular weight excluding hydrogens is 288 g/mol. The van der Waals surface area contributed by atoms with Crippen molar-refractivity contribution in [1.82, 2.24) is 4.90 Å². The first-order valence-corrected chi connectivity index (χ1v) is 9.86. The van der Waals surface area contributed by atoms with Crippen molar-refractivity contribution >= 4 is 5.91 Å². The molecule has 4 nitrogen and oxygen atoms in total. The Morgan fingerprint density at radius 3 is 2.09 bits per heavy atom. The van der Waals surface area contributed by atoms with Crippen LogP contribution < -0.4 is 5.73 Å². The zero-order chi connectivity index (χ0) is 16.1. The van der Waals surface area contributed by atoms with Crippen molar-refractivity contribution in [2.45, 2.75) is 76.7 Å². The van der Waals surface area contributed by atoms with E-state index in [9.17, 15) is 4.79 Å². The number of nitrogens with zero attached hydrogens (tertiary/aromatic N) is 1. The van der Waals surface area contributed by atoms with Crippen LogP contribution in [-0.2, 0) is 9.53 Å². The number of hydrogen-bond donors (Lipinski definition) is 1. The summed E-state index contributed by atoms with van der Waals surface area (Å²) in [5.41, 5.74) is 5.77. The minimum Gasteiger partial charge on any atom is -0.379 e. The molecule has 0 spiro atoms. The van der Waals surface area contributed by atoms with Gasteiger partial charge in [-0.1, -0.05) is 44.9 Å². The van der Waals surface area contributed by atoms with Gasteiger partial charge in [0.05, 0.1) is 18.6 Å². The number of ether oxygens (including phenoxy) is 1. The first-order chi connectivity index (χ1) is 11.2. The van der Waals surface area contributed by atoms with Crippen LogP contribution in [0.25, 0.3) is 0 Å². The summed E-state index contributed by atoms with van der Waals surface area (Å²) in [5, 5.41) is 0. The highest BCUT2D eigenvalue weighted by molar-refractivity contribution is 5.82. The van der Waals surface area contributed by atoms with Crippen LogP contribution in [0.5, 0.6) is 0 Å². The van der Waals surface area contributed by atoms with Crippen LogP contribution in [0.2, 0.25) is 0 Å². The van der Waals surface area contributed by atoms with Gasteiger partial charge in [0, 0.05) is 19.1 Å². The smallest absolute Gasteiger partial charge is 0.225 e. The molecule has 1 aliphatic heterocycles. The number of primary amides is 1. The first kappa shape index (κ1) is 17.2. The van der Waals surface area contributed by atoms with Crippen molar-refractivity contribution in [2.75, 3.05) is 26.3 Å². The maximum Gasteiger partial charge on any atom is 0.225 e. The Morgan fingerprint density at radius 1 is 0.957 bits per heavy atom. The quantitative estimate of drug-likeness (QED) is 0.809. The first-order valence-electron chi connectivity index (χ1n) is 9.86. The largest absolute Gasteiger partial charge is 0.379 e. The normalized spacial score (nSPS) is 28.9. The van der Waals surface area contributed by atoms with Crippen LogP contribution in [-0.4, -0.2) is 43.2 Å². The standard InChI is InChI=1S/C19H34N2O2/c20-18(22)19(10-6-3-7-11-19)17(21-12-14-23-15-13-21)16-8-4-1-2-5-9-16/h16-17H,1-15H2,(H2,20,22). The van der Waals surface area contributed by atoms with Crippen LogP contribution in [0.15, 0.2) is 0 Å². The molecule has 132 valence electrons. The summed E-state index contributed by atoms with van der Waals surface area (Å²) < 4.78 is 5.58. The average molecular weight is 322 g/mol. The van der Waals surface area contributed by atoms with Crippen molar-refractivity contribution in [3.05, 3.63) is 0 Å². The predicted octanol–water partition coefficient (Wildman–Crippen LogP) is 3.09. The molecule has 0 bridgehead atoms. The third kappa shape index (κ3) is 3.74. The number of amides is 1. The van der Waals surface area contributed by atoms with E-state index in [0.29, 0.717) is 12.0 Å². The fraction of sp³-hybridized carbons (Fsp3) is 0.947. The second kappa shape index (κ2) is 7.98. The molecule has 3 rings (SSSR count). The number of carbonyl (C=O) groups excluding carboxylic acids is 1. The second-order valence-electron chi connectivity index (χ2n) is 7.93. The number of carbonyl (C=O) groups is 1. The third-order valence-corrected chi connectivity index (χ3v) is 6.59. The van der Waals surface area contributed by atoms with Gasteiger partial charge in [-0.15, -0.1) is 0 Å². The molecule has 0 aromatic rings. The van der Waals surface area contributed by atoms with Gasteiger partial charge in [0.2, 0.25) is 5.91 Å². The molecular formula is C19H34N2O2. The number of hydrogen-bond acceptors (Lipinski definition) is 3. The molecule has 1 saturated heterocycles. The Bertz CT molecular complexity index is 379. The van der Waals surface area contributed by atoms with Gasteiger partial charge < -0.3 is 10.5 Å². The number of rotatable bonds is 4. The molecule has 2 aliphatic carbocycles. The van der Waals surface area contributed by atoms with Crippen LogP contribution >= 0.6 is 0 Å². The molecule has 1 unspecified atom stereocenters. The highest BCUT2D eigenvalue weighted by atomic mass is 16.5. The molecule has 1 heterocycles. The summed E-state index contributed by atoms with van der Waals surface area (Å²) >= 11 is 0. The monoisotopic (exact) mass is 322 g/mol. The van der Waals surface area contributed by atoms with E-state index in [2.05, 4.69) is 4.90 Å². The highest BCUT2D eigenvalue weighted by Crippen LogP contribution is 2.46. The lowest BCUT2D eigenvalue weighted by atomic mass is 9.63. The molecule has 23 heavy (non-hydrogen) atoms. The van der Waals surface area contributed by atoms with Gasteiger partial charge in [-0.25, -0.2) is 0 Å². The summed E-state index contributed by atoms with van der Waals surface area (Å²) in [6.07, 6.45) is 13.5. The SMILES string of the molecule is NC(=O)C1(C(C2CCCCCC2)N2CCOCC2)CCCCC1. The second-order valence-corrected chi connectivity index (χ2v) is 7.93. The number of morpholine rings is 1. The summed E-state index contributed by atoms with van der Waals surface area (Å²) in [7, 11) is 0. The van der Waals surface area contributed by atoms with Crippen LogP contribution in [0.3, 0.4) is 0 Å². The summed E-state index contributed by atoms with van der Waals surface area (Å²) in [4.78, 5) is 15.2. The van der Waals surface area contributed by atoms with E-state index in [1.54, 1.807) is 0 Å². The van der Waals surface area contributed by atoms with Crippen LogP contribution in [0.4, 0.5) is 0 Å². The molecule has 2 N–H and O–H groups in total. The molecule has 0 aromatic heterocycles. The molecule has 3 aliphatic rings. The van der Waals surface area contributed by atoms with Crippen LogP contribution in [0.1, 0.15) is 70.6 Å². The van der Waals surface area contributed by atoms with Gasteiger partial charge in [-0.2, -0.15) is 0 Å². The van der Waals surface area contributed by atoms with E-state index in [1.165, 1.54) is 44.9 Å². The summed E-state index contributed by atoms with van der Waals surface area (Å²) in [6, 6.07) is 0.349. The Balaban J connectivity index is 1.89. The van der Waals surface area contributed by atoms with Crippen molar-refractivity contribution in [3.63, 3.8) is 0 Å². The average Bonchev–Trinajstić information content (AvgIpc) is 2.86. The Morgan fingerprint density at radius 2 is 1.52 bits per heavy atom. The van der Waals surface area contributed by atoms with Crippen molar-refractivity contribution in [3.8, 4) is 0 Å². The van der Waals surface area contributed by atoms with Gasteiger partial charge in [0.25, 0.3) is 0 Å². The maximum absolute atomic E-state index is 12.7. The van der Waals surface area contributed by atoms with Gasteiger partial charge in [-0.3, -0.25) is 9.69 Å². The lowest BCUT2D eigenvalue weighted by Crippen LogP contribution is -2.60. The predicted molar refractivity (Wildman–Crippen MR) is 92.1 cm³/mol. The Hall–Kier alpha value is -0.610. The van der Waals surface area contributed by atoms with Gasteiger partial charge >= 0.3 is 0 Å². The van der Waals surface area contributed by atoms with Crippen molar-refractivity contribution in [2.24, 2.45) is 17.1 Å². The lowest BCUT2D eigenvalue weighted by Gasteiger charge is -2.50. The van der Waals surface area contributed by atoms with E-state index in [1.807, 2.05) is 0 Å². The Labute approximate surface area is 141 Å². The van der Waals surface area contributed by atoms with Crippen molar-refractivity contribution < 1.29 is 9.53 Å². The summed E-state index contributed by atoms with van der Waals surface area (Å²) in [5.74, 6) is 0.610. The van der Waals surface area contributed by atoms with E-state index >= 15 is 0 Å². The molecule has 1 amide bonds. The highest BCUT2D eigenvalue weighted by Gasteiger charge is 2.50. The van der Waals surface area contributed by atoms with E-state index in [4.69, 9.17) is 10.5 Å². The van der Waals surface area contributed by atoms with Gasteiger partial charge in [0.15, 0.2) is 0 Å². The number of nitrogens with two attached hydrogens (primary N) is 1. The minimum absolute atomic E-state index is 0.0297. The fourth-order valence-electron chi connectivity index (χ4n) is 5.45. The zero-order valence-corrected chi connectivity index (χ0v) is 14.6. The molecule has 0 radical (unpaired) electrons. The van der Waals surface area contributed by atoms with Gasteiger partial charge in [0.1, 0.15) is 0 Å². The van der Waals surface area contributed by atoms with E-state index in [0.717, 1.165) is 52.0 Å². The summed E-state index contributed by atoms with van der Waals surface area (Å²) in [6.45, 7) is 3.54.